The van der Waals surface area contributed by atoms with Crippen LogP contribution in [-0.4, -0.2) is 186 Å². The van der Waals surface area contributed by atoms with Crippen molar-refractivity contribution in [3.05, 3.63) is 270 Å². The number of ether oxygens (including phenoxy) is 4. The minimum absolute atomic E-state index is 0. The van der Waals surface area contributed by atoms with Crippen LogP contribution in [-0.2, 0) is 27.4 Å². The first-order valence-electron chi connectivity index (χ1n) is 45.7. The Balaban J connectivity index is -0.000000742. The Labute approximate surface area is 926 Å². The zero-order valence-corrected chi connectivity index (χ0v) is 97.3. The van der Waals surface area contributed by atoms with Gasteiger partial charge in [0.2, 0.25) is 17.6 Å². The molecule has 4 aliphatic heterocycles. The molecule has 0 radical (unpaired) electrons. The number of para-hydroxylation sites is 2. The van der Waals surface area contributed by atoms with E-state index in [1.165, 1.54) is 12.8 Å². The van der Waals surface area contributed by atoms with E-state index in [0.717, 1.165) is 62.6 Å². The number of azide groups is 2. The number of nitrogens with two attached hydrogens (primary N) is 1. The molecule has 786 valence electrons. The number of nitrogens with zero attached hydrogens (tertiary/aromatic N) is 13. The second-order valence-corrected chi connectivity index (χ2v) is 54.6. The quantitative estimate of drug-likeness (QED) is 0.00359. The van der Waals surface area contributed by atoms with E-state index in [-0.39, 0.29) is 125 Å². The monoisotopic (exact) mass is 2160 g/mol. The smallest absolute Gasteiger partial charge is 0.850 e. The van der Waals surface area contributed by atoms with Crippen LogP contribution < -0.4 is 104 Å². The first kappa shape index (κ1) is 143. The molecule has 0 spiro atoms. The number of pyridine rings is 7. The maximum Gasteiger partial charge on any atom is 1.00 e. The first-order valence-corrected chi connectivity index (χ1v) is 57.4. The molecule has 0 amide bonds. The van der Waals surface area contributed by atoms with Crippen molar-refractivity contribution in [1.82, 2.24) is 34.9 Å². The van der Waals surface area contributed by atoms with Crippen LogP contribution in [0.4, 0.5) is 0 Å². The van der Waals surface area contributed by atoms with Gasteiger partial charge in [0.25, 0.3) is 0 Å². The maximum atomic E-state index is 12.3. The standard InChI is InChI=1S/C14H24ClNO2Si.C12H10N3O3P.C9H22O2Si.C9H20O2Si.C8H10ClNO2.C8H8N4O.C8H10N2O.C8H9NO2.C5H4ClN.C5H3ClN.C4H8O.C4H10O.C4H9O.CH4O.CH4.K.Li/c1-14(2,3)19(4,5)18-10-8-12(17)11-7-6-9-16-13(11)15;13-14-15-19(16,17-11-7-3-1-4-8-11)18-12-9-5-2-6-10-12;2*1-9(2,3)12(4,5)11-8-6-7-10;9-8-6(2-1-4-10-8)7(12)3-5-11;9-12-11-7-3-5-13-8-6(7)2-1-4-10-8;9-7-3-5-11-8-6(7)2-1-4-10-8;10-7-3-5-11-8-6(7)2-1-4-9-8;2*6-5-3-1-2-4-7-5;1-2-4-5-3-1;2*1-4(2,3)5;1-2;;;/h6-7,9,12,17H,8,10H2,1-5H3;1-10H;10H,6-8H2,1-5H3;7H,6,8H2,1-5H3;1-2,4,7,11-12H,3,5H2;1-2,4,7H,3,5H2;1-2,4,7H,3,5,9H2;1-2,4,7,10H,3,5H2;1-4H;1-2,4H;1-4H2;5H,1-3H3;1-3H3;2H,1H3;1H4;;/q;;;;;;;;;-1;;;-1;;;2*+1. The molecule has 1 saturated heterocycles. The normalized spacial score (nSPS) is 14.4. The summed E-state index contributed by atoms with van der Waals surface area (Å²) in [7, 11) is -7.86. The van der Waals surface area contributed by atoms with Crippen molar-refractivity contribution in [3.63, 3.8) is 0 Å². The third-order valence-corrected chi connectivity index (χ3v) is 36.0. The Morgan fingerprint density at radius 1 is 0.538 bits per heavy atom. The molecule has 5 unspecified atom stereocenters. The van der Waals surface area contributed by atoms with Crippen molar-refractivity contribution in [1.29, 1.82) is 0 Å². The number of halogens is 4. The zero-order chi connectivity index (χ0) is 106. The molecule has 43 heteroatoms. The first-order chi connectivity index (χ1) is 65.7. The number of benzene rings is 2. The van der Waals surface area contributed by atoms with Crippen molar-refractivity contribution in [2.24, 2.45) is 15.7 Å². The van der Waals surface area contributed by atoms with E-state index in [9.17, 15) is 29.8 Å². The molecule has 11 heterocycles. The summed E-state index contributed by atoms with van der Waals surface area (Å²) in [5.74, 6) is 2.46. The molecule has 0 saturated carbocycles. The number of carbonyl (C=O) groups is 1. The molecule has 2 aromatic carbocycles. The van der Waals surface area contributed by atoms with E-state index in [2.05, 4.69) is 162 Å². The molecule has 9 aromatic rings. The minimum Gasteiger partial charge on any atom is -0.850 e. The fourth-order valence-electron chi connectivity index (χ4n) is 9.87. The fourth-order valence-corrected chi connectivity index (χ4v) is 14.8. The summed E-state index contributed by atoms with van der Waals surface area (Å²) in [5.41, 5.74) is 25.3. The SMILES string of the molecule is C.C1CCOC1.CC(C)(C)O.CC(C)(C)[O-].CC(C)(C)[Si](C)(C)OCCC(O)c1cccnc1Cl.CC(C)(C)[Si](C)(C)OCCC=O.CC(C)(C)[Si](C)(C)OCCCO.CO.Clc1[c-]cccn1.Clc1ccccn1.NC1CCOc2ncccc21.OC1CCOc2ncccc21.OCCC(O)c1cccnc1Cl.[K+].[Li+].[N-]=[N+]=NC1CCOc2ncccc21.[N-]=[N+]=NP(=O)(Oc1ccccc1)Oc1ccccc1. The molecular weight excluding hydrogens is 2000 g/mol. The van der Waals surface area contributed by atoms with E-state index in [1.54, 1.807) is 194 Å². The fraction of sp³-hybridized carbons (Fsp3) is 0.520. The Bertz CT molecular complexity index is 4770. The number of fused-ring (bicyclic) bond motifs is 3. The number of aldehydes is 1. The molecule has 5 atom stereocenters. The van der Waals surface area contributed by atoms with Gasteiger partial charge >= 0.3 is 78.0 Å². The zero-order valence-electron chi connectivity index (χ0n) is 87.3. The predicted molar refractivity (Wildman–Crippen MR) is 568 cm³/mol. The number of rotatable bonds is 22. The molecule has 33 nitrogen and oxygen atoms in total. The van der Waals surface area contributed by atoms with Crippen molar-refractivity contribution >= 4 is 85.4 Å². The van der Waals surface area contributed by atoms with Gasteiger partial charge in [0.1, 0.15) is 33.2 Å². The van der Waals surface area contributed by atoms with Crippen molar-refractivity contribution in [3.8, 4) is 29.1 Å². The summed E-state index contributed by atoms with van der Waals surface area (Å²) in [6.07, 6.45) is 17.6. The topological polar surface area (TPSA) is 496 Å². The number of hydrogen-bond donors (Lipinski definition) is 8. The summed E-state index contributed by atoms with van der Waals surface area (Å²) in [6.45, 7) is 49.0. The van der Waals surface area contributed by atoms with Gasteiger partial charge in [0.05, 0.1) is 49.8 Å². The molecule has 1 fully saturated rings. The largest absolute Gasteiger partial charge is 1.00 e. The molecule has 9 N–H and O–H groups in total. The summed E-state index contributed by atoms with van der Waals surface area (Å²) in [6, 6.07) is 46.5. The average Bonchev–Trinajstić information content (AvgIpc) is 1.72. The summed E-state index contributed by atoms with van der Waals surface area (Å²) >= 11 is 22.5. The van der Waals surface area contributed by atoms with Crippen LogP contribution in [0.5, 0.6) is 29.1 Å². The average molecular weight is 2160 g/mol. The van der Waals surface area contributed by atoms with Gasteiger partial charge in [-0.05, 0) is 191 Å². The van der Waals surface area contributed by atoms with Gasteiger partial charge in [-0.3, -0.25) is 4.98 Å². The Kier molecular flexibility index (Phi) is 77.7. The Hall–Kier alpha value is -6.47. The molecule has 0 aliphatic carbocycles. The van der Waals surface area contributed by atoms with Gasteiger partial charge in [-0.25, -0.2) is 46.6 Å². The van der Waals surface area contributed by atoms with Crippen molar-refractivity contribution in [2.75, 3.05) is 73.2 Å². The second-order valence-electron chi connectivity index (χ2n) is 37.2. The van der Waals surface area contributed by atoms with Crippen molar-refractivity contribution < 1.29 is 162 Å². The molecule has 7 aromatic heterocycles. The molecule has 4 aliphatic rings. The summed E-state index contributed by atoms with van der Waals surface area (Å²) in [5, 5.41) is 77.8. The predicted octanol–water partition coefficient (Wildman–Crippen LogP) is 18.1. The van der Waals surface area contributed by atoms with Crippen LogP contribution in [0.1, 0.15) is 227 Å². The van der Waals surface area contributed by atoms with Crippen molar-refractivity contribution in [2.45, 2.75) is 265 Å². The Morgan fingerprint density at radius 3 is 1.29 bits per heavy atom. The van der Waals surface area contributed by atoms with E-state index >= 15 is 0 Å². The van der Waals surface area contributed by atoms with Crippen LogP contribution >= 0.6 is 54.2 Å². The van der Waals surface area contributed by atoms with Gasteiger partial charge < -0.3 is 92.7 Å². The maximum absolute atomic E-state index is 12.3. The number of aliphatic hydroxyl groups excluding tert-OH is 6. The molecule has 143 heavy (non-hydrogen) atoms. The minimum atomic E-state index is -3.95. The number of aliphatic hydroxyl groups is 7. The number of hydrogen-bond acceptors (Lipinski definition) is 28. The van der Waals surface area contributed by atoms with Crippen LogP contribution in [0.15, 0.2) is 205 Å². The third kappa shape index (κ3) is 67.3. The van der Waals surface area contributed by atoms with Crippen LogP contribution in [0.3, 0.4) is 0 Å². The van der Waals surface area contributed by atoms with E-state index < -0.39 is 62.2 Å². The van der Waals surface area contributed by atoms with Gasteiger partial charge in [-0.1, -0.05) is 215 Å². The third-order valence-electron chi connectivity index (χ3n) is 20.2. The number of aromatic nitrogens is 7. The molecular formula is C100H155Cl4KLiN14O19PSi3. The van der Waals surface area contributed by atoms with Crippen LogP contribution in [0.2, 0.25) is 75.0 Å². The van der Waals surface area contributed by atoms with Crippen LogP contribution in [0, 0.1) is 6.07 Å². The van der Waals surface area contributed by atoms with E-state index in [0.29, 0.717) is 120 Å². The number of carbonyl (C=O) groups excluding carboxylic acids is 1. The van der Waals surface area contributed by atoms with E-state index in [1.807, 2.05) is 42.5 Å². The summed E-state index contributed by atoms with van der Waals surface area (Å²) < 4.78 is 61.0. The summed E-state index contributed by atoms with van der Waals surface area (Å²) in [4.78, 5) is 45.8. The molecule has 13 rings (SSSR count). The van der Waals surface area contributed by atoms with Gasteiger partial charge in [-0.15, -0.1) is 5.60 Å². The van der Waals surface area contributed by atoms with Crippen LogP contribution in [0.25, 0.3) is 20.9 Å². The molecule has 0 bridgehead atoms. The van der Waals surface area contributed by atoms with Gasteiger partial charge in [-0.2, -0.15) is 6.07 Å². The van der Waals surface area contributed by atoms with Gasteiger partial charge in [0.15, 0.2) is 25.0 Å². The van der Waals surface area contributed by atoms with E-state index in [4.69, 9.17) is 125 Å². The Morgan fingerprint density at radius 2 is 0.930 bits per heavy atom. The second kappa shape index (κ2) is 77.8. The van der Waals surface area contributed by atoms with Gasteiger partial charge in [0, 0.05) is 170 Å².